The van der Waals surface area contributed by atoms with E-state index in [0.717, 1.165) is 0 Å². The van der Waals surface area contributed by atoms with Gasteiger partial charge >= 0.3 is 0 Å². The molecule has 0 aliphatic carbocycles. The zero-order valence-corrected chi connectivity index (χ0v) is 9.16. The van der Waals surface area contributed by atoms with Gasteiger partial charge in [-0.3, -0.25) is 0 Å². The van der Waals surface area contributed by atoms with Crippen molar-refractivity contribution in [2.75, 3.05) is 20.3 Å². The van der Waals surface area contributed by atoms with Crippen molar-refractivity contribution in [1.82, 2.24) is 0 Å². The van der Waals surface area contributed by atoms with E-state index in [1.54, 1.807) is 0 Å². The van der Waals surface area contributed by atoms with E-state index in [9.17, 15) is 9.18 Å². The Morgan fingerprint density at radius 3 is 3.00 bits per heavy atom. The minimum absolute atomic E-state index is 0.0327. The second-order valence-electron chi connectivity index (χ2n) is 3.30. The maximum atomic E-state index is 13.9. The van der Waals surface area contributed by atoms with Gasteiger partial charge in [0.25, 0.3) is 0 Å². The maximum absolute atomic E-state index is 13.9. The number of ether oxygens (including phenoxy) is 3. The highest BCUT2D eigenvalue weighted by molar-refractivity contribution is 5.54. The third-order valence-electron chi connectivity index (χ3n) is 2.35. The van der Waals surface area contributed by atoms with Crippen LogP contribution < -0.4 is 14.2 Å². The lowest BCUT2D eigenvalue weighted by Crippen LogP contribution is -2.17. The van der Waals surface area contributed by atoms with Crippen molar-refractivity contribution in [2.45, 2.75) is 6.54 Å². The highest BCUT2D eigenvalue weighted by Gasteiger charge is 2.23. The van der Waals surface area contributed by atoms with Crippen LogP contribution in [0.25, 0.3) is 0 Å². The molecule has 0 fully saturated rings. The van der Waals surface area contributed by atoms with Crippen molar-refractivity contribution in [3.63, 3.8) is 0 Å². The first-order valence-corrected chi connectivity index (χ1v) is 4.96. The Labute approximate surface area is 96.8 Å². The van der Waals surface area contributed by atoms with Gasteiger partial charge in [0.1, 0.15) is 13.2 Å². The normalized spacial score (nSPS) is 12.8. The summed E-state index contributed by atoms with van der Waals surface area (Å²) in [5.74, 6) is 0.0975. The van der Waals surface area contributed by atoms with Crippen molar-refractivity contribution in [1.29, 1.82) is 0 Å². The fourth-order valence-electron chi connectivity index (χ4n) is 1.61. The molecule has 0 radical (unpaired) electrons. The van der Waals surface area contributed by atoms with Crippen LogP contribution in [0.3, 0.4) is 0 Å². The molecule has 1 heterocycles. The Bertz CT molecular complexity index is 483. The summed E-state index contributed by atoms with van der Waals surface area (Å²) in [6.07, 6.45) is 1.36. The standard InChI is InChI=1S/C11H10FNO4/c1-15-8-4-9-11(17-3-2-16-9)7(10(8)12)5-13-6-14/h4H,2-3,5H2,1H3. The van der Waals surface area contributed by atoms with Gasteiger partial charge < -0.3 is 14.2 Å². The van der Waals surface area contributed by atoms with Crippen LogP contribution in [0.2, 0.25) is 0 Å². The van der Waals surface area contributed by atoms with Crippen molar-refractivity contribution < 1.29 is 23.4 Å². The third kappa shape index (κ3) is 2.07. The lowest BCUT2D eigenvalue weighted by atomic mass is 10.1. The van der Waals surface area contributed by atoms with Gasteiger partial charge in [0.2, 0.25) is 6.08 Å². The number of halogens is 1. The molecule has 0 saturated carbocycles. The largest absolute Gasteiger partial charge is 0.494 e. The molecule has 0 unspecified atom stereocenters. The molecule has 90 valence electrons. The molecule has 17 heavy (non-hydrogen) atoms. The molecule has 0 saturated heterocycles. The topological polar surface area (TPSA) is 57.1 Å². The zero-order chi connectivity index (χ0) is 12.3. The fourth-order valence-corrected chi connectivity index (χ4v) is 1.61. The Morgan fingerprint density at radius 2 is 2.29 bits per heavy atom. The summed E-state index contributed by atoms with van der Waals surface area (Å²) < 4.78 is 29.5. The smallest absolute Gasteiger partial charge is 0.235 e. The highest BCUT2D eigenvalue weighted by Crippen LogP contribution is 2.40. The van der Waals surface area contributed by atoms with Crippen molar-refractivity contribution in [2.24, 2.45) is 4.99 Å². The summed E-state index contributed by atoms with van der Waals surface area (Å²) in [6.45, 7) is 0.562. The fraction of sp³-hybridized carbons (Fsp3) is 0.364. The van der Waals surface area contributed by atoms with Gasteiger partial charge in [-0.15, -0.1) is 0 Å². The number of hydrogen-bond acceptors (Lipinski definition) is 5. The van der Waals surface area contributed by atoms with Crippen LogP contribution >= 0.6 is 0 Å². The van der Waals surface area contributed by atoms with Gasteiger partial charge in [-0.1, -0.05) is 0 Å². The number of hydrogen-bond donors (Lipinski definition) is 0. The molecule has 1 aromatic rings. The summed E-state index contributed by atoms with van der Waals surface area (Å²) in [4.78, 5) is 13.4. The lowest BCUT2D eigenvalue weighted by Gasteiger charge is -2.21. The van der Waals surface area contributed by atoms with Crippen LogP contribution in [0.15, 0.2) is 11.1 Å². The molecule has 1 aliphatic rings. The molecule has 0 atom stereocenters. The minimum Gasteiger partial charge on any atom is -0.494 e. The maximum Gasteiger partial charge on any atom is 0.235 e. The molecule has 0 amide bonds. The Kier molecular flexibility index (Phi) is 3.25. The number of isocyanates is 1. The predicted octanol–water partition coefficient (Wildman–Crippen LogP) is 1.44. The lowest BCUT2D eigenvalue weighted by molar-refractivity contribution is 0.167. The van der Waals surface area contributed by atoms with E-state index in [1.807, 2.05) is 0 Å². The Balaban J connectivity index is 2.54. The molecule has 0 bridgehead atoms. The van der Waals surface area contributed by atoms with Gasteiger partial charge in [0.15, 0.2) is 23.1 Å². The van der Waals surface area contributed by atoms with Gasteiger partial charge in [-0.2, -0.15) is 0 Å². The van der Waals surface area contributed by atoms with Crippen LogP contribution in [0, 0.1) is 5.82 Å². The number of carbonyl (C=O) groups excluding carboxylic acids is 1. The molecule has 0 spiro atoms. The zero-order valence-electron chi connectivity index (χ0n) is 9.16. The second-order valence-corrected chi connectivity index (χ2v) is 3.30. The van der Waals surface area contributed by atoms with Gasteiger partial charge in [0.05, 0.1) is 19.2 Å². The first-order chi connectivity index (χ1) is 8.27. The molecule has 2 rings (SSSR count). The van der Waals surface area contributed by atoms with E-state index in [4.69, 9.17) is 14.2 Å². The molecule has 0 N–H and O–H groups in total. The molecule has 5 nitrogen and oxygen atoms in total. The number of fused-ring (bicyclic) bond motifs is 1. The van der Waals surface area contributed by atoms with E-state index >= 15 is 0 Å². The van der Waals surface area contributed by atoms with E-state index < -0.39 is 5.82 Å². The summed E-state index contributed by atoms with van der Waals surface area (Å²) in [5.41, 5.74) is 0.141. The summed E-state index contributed by atoms with van der Waals surface area (Å²) in [5, 5.41) is 0. The number of benzene rings is 1. The monoisotopic (exact) mass is 239 g/mol. The Hall–Kier alpha value is -2.07. The molecule has 1 aromatic carbocycles. The second kappa shape index (κ2) is 4.84. The molecule has 0 aromatic heterocycles. The number of rotatable bonds is 3. The molecule has 6 heteroatoms. The summed E-state index contributed by atoms with van der Waals surface area (Å²) >= 11 is 0. The van der Waals surface area contributed by atoms with E-state index in [-0.39, 0.29) is 23.6 Å². The van der Waals surface area contributed by atoms with Crippen molar-refractivity contribution >= 4 is 6.08 Å². The average Bonchev–Trinajstić information content (AvgIpc) is 2.37. The third-order valence-corrected chi connectivity index (χ3v) is 2.35. The van der Waals surface area contributed by atoms with E-state index in [2.05, 4.69) is 4.99 Å². The number of nitrogens with zero attached hydrogens (tertiary/aromatic N) is 1. The van der Waals surface area contributed by atoms with Crippen molar-refractivity contribution in [3.05, 3.63) is 17.4 Å². The van der Waals surface area contributed by atoms with Gasteiger partial charge in [-0.05, 0) is 0 Å². The predicted molar refractivity (Wildman–Crippen MR) is 55.8 cm³/mol. The number of aliphatic imine (C=N–C) groups is 1. The van der Waals surface area contributed by atoms with Crippen LogP contribution in [0.4, 0.5) is 4.39 Å². The SMILES string of the molecule is COc1cc2c(c(CN=C=O)c1F)OCCO2. The molecule has 1 aliphatic heterocycles. The molecular weight excluding hydrogens is 229 g/mol. The van der Waals surface area contributed by atoms with Crippen molar-refractivity contribution in [3.8, 4) is 17.2 Å². The van der Waals surface area contributed by atoms with Crippen LogP contribution in [-0.2, 0) is 11.3 Å². The van der Waals surface area contributed by atoms with Crippen LogP contribution in [-0.4, -0.2) is 26.4 Å². The molecular formula is C11H10FNO4. The summed E-state index contributed by atoms with van der Waals surface area (Å²) in [7, 11) is 1.35. The average molecular weight is 239 g/mol. The highest BCUT2D eigenvalue weighted by atomic mass is 19.1. The first-order valence-electron chi connectivity index (χ1n) is 4.96. The van der Waals surface area contributed by atoms with Gasteiger partial charge in [0, 0.05) is 6.07 Å². The van der Waals surface area contributed by atoms with E-state index in [0.29, 0.717) is 19.0 Å². The van der Waals surface area contributed by atoms with E-state index in [1.165, 1.54) is 19.3 Å². The quantitative estimate of drug-likeness (QED) is 0.591. The minimum atomic E-state index is -0.601. The van der Waals surface area contributed by atoms with Crippen LogP contribution in [0.5, 0.6) is 17.2 Å². The first kappa shape index (κ1) is 11.4. The summed E-state index contributed by atoms with van der Waals surface area (Å²) in [6, 6.07) is 1.41. The van der Waals surface area contributed by atoms with Gasteiger partial charge in [-0.25, -0.2) is 14.2 Å². The Morgan fingerprint density at radius 1 is 1.53 bits per heavy atom. The number of methoxy groups -OCH3 is 1. The van der Waals surface area contributed by atoms with Crippen LogP contribution in [0.1, 0.15) is 5.56 Å².